The number of aliphatic hydroxyl groups excluding tert-OH is 1. The molecule has 0 radical (unpaired) electrons. The molecule has 4 heteroatoms. The van der Waals surface area contributed by atoms with Crippen molar-refractivity contribution in [3.05, 3.63) is 94.0 Å². The minimum absolute atomic E-state index is 0.0605. The number of carbonyl (C=O) groups is 1. The van der Waals surface area contributed by atoms with Gasteiger partial charge in [-0.25, -0.2) is 0 Å². The number of allylic oxidation sites excluding steroid dienone is 1. The third-order valence-corrected chi connectivity index (χ3v) is 4.82. The van der Waals surface area contributed by atoms with Crippen LogP contribution in [-0.2, 0) is 0 Å². The van der Waals surface area contributed by atoms with Crippen LogP contribution >= 0.6 is 11.8 Å². The van der Waals surface area contributed by atoms with E-state index in [4.69, 9.17) is 0 Å². The molecule has 25 heavy (non-hydrogen) atoms. The molecule has 0 bridgehead atoms. The topological polar surface area (TPSA) is 40.5 Å². The molecule has 2 aromatic carbocycles. The SMILES string of the molecule is CCN1C=CS/C1=C(/O)c1ccccc1/C=C/C(=O)c1ccccc1. The average Bonchev–Trinajstić information content (AvgIpc) is 3.15. The maximum atomic E-state index is 12.3. The van der Waals surface area contributed by atoms with Gasteiger partial charge in [-0.05, 0) is 24.0 Å². The number of thioether (sulfide) groups is 1. The number of hydrogen-bond donors (Lipinski definition) is 1. The molecule has 3 rings (SSSR count). The van der Waals surface area contributed by atoms with Gasteiger partial charge in [0.25, 0.3) is 0 Å². The molecule has 0 unspecified atom stereocenters. The van der Waals surface area contributed by atoms with Crippen LogP contribution in [0.5, 0.6) is 0 Å². The smallest absolute Gasteiger partial charge is 0.185 e. The highest BCUT2D eigenvalue weighted by atomic mass is 32.2. The molecule has 0 amide bonds. The lowest BCUT2D eigenvalue weighted by Crippen LogP contribution is -2.12. The molecule has 1 aliphatic heterocycles. The molecule has 0 saturated heterocycles. The van der Waals surface area contributed by atoms with Crippen LogP contribution in [-0.4, -0.2) is 22.3 Å². The lowest BCUT2D eigenvalue weighted by molar-refractivity contribution is 0.104. The van der Waals surface area contributed by atoms with Crippen molar-refractivity contribution in [2.45, 2.75) is 6.92 Å². The van der Waals surface area contributed by atoms with Crippen LogP contribution in [0, 0.1) is 0 Å². The third kappa shape index (κ3) is 3.86. The van der Waals surface area contributed by atoms with E-state index in [2.05, 4.69) is 0 Å². The number of nitrogens with zero attached hydrogens (tertiary/aromatic N) is 1. The van der Waals surface area contributed by atoms with E-state index in [1.54, 1.807) is 24.3 Å². The molecule has 0 aliphatic carbocycles. The van der Waals surface area contributed by atoms with Gasteiger partial charge in [0, 0.05) is 23.9 Å². The highest BCUT2D eigenvalue weighted by molar-refractivity contribution is 8.06. The van der Waals surface area contributed by atoms with Crippen LogP contribution in [0.2, 0.25) is 0 Å². The van der Waals surface area contributed by atoms with Gasteiger partial charge in [-0.3, -0.25) is 4.79 Å². The number of benzene rings is 2. The maximum Gasteiger partial charge on any atom is 0.185 e. The van der Waals surface area contributed by atoms with Crippen LogP contribution in [0.4, 0.5) is 0 Å². The predicted octanol–water partition coefficient (Wildman–Crippen LogP) is 5.31. The van der Waals surface area contributed by atoms with Crippen LogP contribution in [0.3, 0.4) is 0 Å². The largest absolute Gasteiger partial charge is 0.505 e. The summed E-state index contributed by atoms with van der Waals surface area (Å²) in [7, 11) is 0. The zero-order chi connectivity index (χ0) is 17.6. The van der Waals surface area contributed by atoms with Crippen molar-refractivity contribution in [1.29, 1.82) is 0 Å². The third-order valence-electron chi connectivity index (χ3n) is 3.91. The first-order chi connectivity index (χ1) is 12.2. The number of carbonyl (C=O) groups excluding carboxylic acids is 1. The summed E-state index contributed by atoms with van der Waals surface area (Å²) in [6, 6.07) is 16.7. The second-order valence-electron chi connectivity index (χ2n) is 5.49. The van der Waals surface area contributed by atoms with Gasteiger partial charge < -0.3 is 10.0 Å². The molecule has 126 valence electrons. The standard InChI is InChI=1S/C21H19NO2S/c1-2-22-14-15-25-21(22)20(24)18-11-7-6-8-16(18)12-13-19(23)17-9-4-3-5-10-17/h3-15,24H,2H2,1H3/b13-12+,21-20+. The lowest BCUT2D eigenvalue weighted by atomic mass is 10.0. The van der Waals surface area contributed by atoms with Crippen molar-refractivity contribution in [3.63, 3.8) is 0 Å². The second kappa shape index (κ2) is 7.90. The molecular weight excluding hydrogens is 330 g/mol. The molecule has 0 fully saturated rings. The Labute approximate surface area is 152 Å². The molecule has 3 nitrogen and oxygen atoms in total. The Bertz CT molecular complexity index is 853. The predicted molar refractivity (Wildman–Crippen MR) is 105 cm³/mol. The zero-order valence-corrected chi connectivity index (χ0v) is 14.7. The molecule has 0 atom stereocenters. The second-order valence-corrected chi connectivity index (χ2v) is 6.39. The number of hydrogen-bond acceptors (Lipinski definition) is 4. The fraction of sp³-hybridized carbons (Fsp3) is 0.0952. The Hall–Kier alpha value is -2.72. The molecular formula is C21H19NO2S. The summed E-state index contributed by atoms with van der Waals surface area (Å²) < 4.78 is 0. The molecule has 2 aromatic rings. The summed E-state index contributed by atoms with van der Waals surface area (Å²) in [6.45, 7) is 2.82. The van der Waals surface area contributed by atoms with E-state index in [1.807, 2.05) is 65.9 Å². The van der Waals surface area contributed by atoms with Crippen molar-refractivity contribution < 1.29 is 9.90 Å². The van der Waals surface area contributed by atoms with E-state index in [9.17, 15) is 9.90 Å². The first kappa shape index (κ1) is 17.1. The van der Waals surface area contributed by atoms with Crippen molar-refractivity contribution in [3.8, 4) is 0 Å². The van der Waals surface area contributed by atoms with Crippen molar-refractivity contribution >= 4 is 29.4 Å². The Kier molecular flexibility index (Phi) is 5.41. The van der Waals surface area contributed by atoms with Gasteiger partial charge in [0.1, 0.15) is 5.03 Å². The van der Waals surface area contributed by atoms with E-state index in [-0.39, 0.29) is 11.5 Å². The first-order valence-electron chi connectivity index (χ1n) is 8.10. The molecule has 1 heterocycles. The minimum atomic E-state index is -0.0605. The summed E-state index contributed by atoms with van der Waals surface area (Å²) in [5, 5.41) is 13.5. The Balaban J connectivity index is 1.91. The van der Waals surface area contributed by atoms with Crippen LogP contribution in [0.1, 0.15) is 28.4 Å². The summed E-state index contributed by atoms with van der Waals surface area (Å²) in [5.74, 6) is 0.166. The fourth-order valence-electron chi connectivity index (χ4n) is 2.58. The van der Waals surface area contributed by atoms with E-state index in [1.165, 1.54) is 11.8 Å². The summed E-state index contributed by atoms with van der Waals surface area (Å²) in [5.41, 5.74) is 2.16. The van der Waals surface area contributed by atoms with Gasteiger partial charge in [0.15, 0.2) is 11.5 Å². The zero-order valence-electron chi connectivity index (χ0n) is 13.9. The normalized spacial score (nSPS) is 15.8. The van der Waals surface area contributed by atoms with Gasteiger partial charge in [-0.2, -0.15) is 0 Å². The Morgan fingerprint density at radius 2 is 1.84 bits per heavy atom. The first-order valence-corrected chi connectivity index (χ1v) is 8.98. The van der Waals surface area contributed by atoms with Crippen LogP contribution in [0.25, 0.3) is 11.8 Å². The highest BCUT2D eigenvalue weighted by Crippen LogP contribution is 2.35. The van der Waals surface area contributed by atoms with E-state index < -0.39 is 0 Å². The van der Waals surface area contributed by atoms with Crippen molar-refractivity contribution in [2.24, 2.45) is 0 Å². The Morgan fingerprint density at radius 1 is 1.12 bits per heavy atom. The van der Waals surface area contributed by atoms with Gasteiger partial charge in [0.05, 0.1) is 0 Å². The minimum Gasteiger partial charge on any atom is -0.505 e. The highest BCUT2D eigenvalue weighted by Gasteiger charge is 2.18. The monoisotopic (exact) mass is 349 g/mol. The van der Waals surface area contributed by atoms with Gasteiger partial charge >= 0.3 is 0 Å². The van der Waals surface area contributed by atoms with E-state index in [0.717, 1.165) is 17.1 Å². The van der Waals surface area contributed by atoms with Gasteiger partial charge in [0.2, 0.25) is 0 Å². The van der Waals surface area contributed by atoms with Crippen LogP contribution in [0.15, 0.2) is 77.3 Å². The molecule has 0 aromatic heterocycles. The van der Waals surface area contributed by atoms with E-state index in [0.29, 0.717) is 11.1 Å². The maximum absolute atomic E-state index is 12.3. The van der Waals surface area contributed by atoms with Crippen molar-refractivity contribution in [2.75, 3.05) is 6.54 Å². The molecule has 0 saturated carbocycles. The summed E-state index contributed by atoms with van der Waals surface area (Å²) in [6.07, 6.45) is 5.25. The summed E-state index contributed by atoms with van der Waals surface area (Å²) in [4.78, 5) is 14.3. The summed E-state index contributed by atoms with van der Waals surface area (Å²) >= 11 is 1.49. The number of rotatable bonds is 5. The number of aliphatic hydroxyl groups is 1. The van der Waals surface area contributed by atoms with Crippen LogP contribution < -0.4 is 0 Å². The molecule has 1 aliphatic rings. The molecule has 0 spiro atoms. The number of ketones is 1. The average molecular weight is 349 g/mol. The van der Waals surface area contributed by atoms with Gasteiger partial charge in [-0.15, -0.1) is 0 Å². The van der Waals surface area contributed by atoms with E-state index >= 15 is 0 Å². The quantitative estimate of drug-likeness (QED) is 0.451. The van der Waals surface area contributed by atoms with Gasteiger partial charge in [-0.1, -0.05) is 72.4 Å². The van der Waals surface area contributed by atoms with Crippen molar-refractivity contribution in [1.82, 2.24) is 4.90 Å². The lowest BCUT2D eigenvalue weighted by Gasteiger charge is -2.17. The fourth-order valence-corrected chi connectivity index (χ4v) is 3.47. The molecule has 1 N–H and O–H groups in total. The Morgan fingerprint density at radius 3 is 2.60 bits per heavy atom.